The van der Waals surface area contributed by atoms with E-state index in [1.54, 1.807) is 19.9 Å². The highest BCUT2D eigenvalue weighted by Crippen LogP contribution is 2.85. The third kappa shape index (κ3) is 3.49. The predicted octanol–water partition coefficient (Wildman–Crippen LogP) is 3.07. The summed E-state index contributed by atoms with van der Waals surface area (Å²) in [6.45, 7) is 5.04. The Morgan fingerprint density at radius 2 is 1.94 bits per heavy atom. The van der Waals surface area contributed by atoms with Crippen molar-refractivity contribution < 1.29 is 26.3 Å². The van der Waals surface area contributed by atoms with Gasteiger partial charge in [-0.1, -0.05) is 6.08 Å². The highest BCUT2D eigenvalue weighted by molar-refractivity contribution is 7.88. The summed E-state index contributed by atoms with van der Waals surface area (Å²) in [7, 11) is -3.29. The van der Waals surface area contributed by atoms with Crippen LogP contribution in [-0.2, 0) is 10.0 Å². The molecule has 5 aliphatic rings. The molecule has 3 heterocycles. The van der Waals surface area contributed by atoms with Crippen molar-refractivity contribution in [2.24, 2.45) is 17.3 Å². The molecule has 4 atom stereocenters. The van der Waals surface area contributed by atoms with E-state index in [4.69, 9.17) is 4.74 Å². The van der Waals surface area contributed by atoms with Crippen LogP contribution in [0.3, 0.4) is 0 Å². The SMILES string of the molecule is CC(C)(F)CN1CC2C3C1C23COc1c(F)cc(C2=CCN(S(C)(=O)=O)CC2)cc1F. The number of hydrogen-bond donors (Lipinski definition) is 0. The van der Waals surface area contributed by atoms with Crippen LogP contribution in [0.15, 0.2) is 18.2 Å². The molecule has 2 saturated carbocycles. The minimum absolute atomic E-state index is 0.0657. The van der Waals surface area contributed by atoms with E-state index in [1.165, 1.54) is 16.4 Å². The van der Waals surface area contributed by atoms with Gasteiger partial charge < -0.3 is 4.74 Å². The highest BCUT2D eigenvalue weighted by Gasteiger charge is 2.92. The largest absolute Gasteiger partial charge is 0.487 e. The lowest BCUT2D eigenvalue weighted by Gasteiger charge is -2.24. The summed E-state index contributed by atoms with van der Waals surface area (Å²) in [4.78, 5) is 2.14. The molecule has 4 unspecified atom stereocenters. The van der Waals surface area contributed by atoms with E-state index in [-0.39, 0.29) is 36.9 Å². The molecule has 170 valence electrons. The molecule has 0 amide bonds. The summed E-state index contributed by atoms with van der Waals surface area (Å²) < 4.78 is 73.6. The van der Waals surface area contributed by atoms with Gasteiger partial charge in [-0.25, -0.2) is 21.6 Å². The first kappa shape index (κ1) is 21.3. The molecule has 0 aromatic heterocycles. The Bertz CT molecular complexity index is 1040. The topological polar surface area (TPSA) is 49.9 Å². The van der Waals surface area contributed by atoms with Crippen molar-refractivity contribution in [1.29, 1.82) is 0 Å². The summed E-state index contributed by atoms with van der Waals surface area (Å²) in [5.41, 5.74) is -0.209. The van der Waals surface area contributed by atoms with Crippen LogP contribution in [0.5, 0.6) is 5.75 Å². The Morgan fingerprint density at radius 1 is 1.26 bits per heavy atom. The monoisotopic (exact) mass is 456 g/mol. The van der Waals surface area contributed by atoms with E-state index in [1.807, 2.05) is 0 Å². The van der Waals surface area contributed by atoms with Gasteiger partial charge in [-0.15, -0.1) is 0 Å². The molecular weight excluding hydrogens is 429 g/mol. The molecule has 4 fully saturated rings. The molecule has 1 aromatic rings. The van der Waals surface area contributed by atoms with Gasteiger partial charge >= 0.3 is 0 Å². The molecule has 6 rings (SSSR count). The normalized spacial score (nSPS) is 32.6. The first-order valence-corrected chi connectivity index (χ1v) is 12.5. The van der Waals surface area contributed by atoms with E-state index in [9.17, 15) is 21.6 Å². The Kier molecular flexibility index (Phi) is 4.61. The smallest absolute Gasteiger partial charge is 0.211 e. The van der Waals surface area contributed by atoms with Gasteiger partial charge in [-0.05, 0) is 55.4 Å². The fourth-order valence-electron chi connectivity index (χ4n) is 5.81. The van der Waals surface area contributed by atoms with Crippen molar-refractivity contribution in [2.75, 3.05) is 39.0 Å². The van der Waals surface area contributed by atoms with E-state index < -0.39 is 27.3 Å². The molecule has 2 bridgehead atoms. The van der Waals surface area contributed by atoms with Crippen molar-refractivity contribution in [3.63, 3.8) is 0 Å². The van der Waals surface area contributed by atoms with Crippen LogP contribution in [0.25, 0.3) is 5.57 Å². The van der Waals surface area contributed by atoms with Crippen LogP contribution in [0.2, 0.25) is 0 Å². The number of fused-ring (bicyclic) bond motifs is 1. The van der Waals surface area contributed by atoms with E-state index in [2.05, 4.69) is 4.90 Å². The molecule has 2 aliphatic carbocycles. The number of alkyl halides is 1. The Morgan fingerprint density at radius 3 is 2.45 bits per heavy atom. The Labute approximate surface area is 180 Å². The quantitative estimate of drug-likeness (QED) is 0.633. The summed E-state index contributed by atoms with van der Waals surface area (Å²) in [5.74, 6) is -0.989. The third-order valence-electron chi connectivity index (χ3n) is 7.30. The molecule has 31 heavy (non-hydrogen) atoms. The average molecular weight is 457 g/mol. The summed E-state index contributed by atoms with van der Waals surface area (Å²) in [6, 6.07) is 2.77. The minimum atomic E-state index is -3.29. The number of hydrogen-bond acceptors (Lipinski definition) is 4. The fourth-order valence-corrected chi connectivity index (χ4v) is 6.58. The zero-order chi connectivity index (χ0) is 22.3. The molecule has 3 aliphatic heterocycles. The number of nitrogens with zero attached hydrogens (tertiary/aromatic N) is 2. The Hall–Kier alpha value is -1.58. The highest BCUT2D eigenvalue weighted by atomic mass is 32.2. The number of piperidine rings is 1. The summed E-state index contributed by atoms with van der Waals surface area (Å²) in [6.07, 6.45) is 3.22. The van der Waals surface area contributed by atoms with Gasteiger partial charge in [0.25, 0.3) is 0 Å². The first-order valence-electron chi connectivity index (χ1n) is 10.6. The molecule has 1 aromatic carbocycles. The zero-order valence-electron chi connectivity index (χ0n) is 17.9. The van der Waals surface area contributed by atoms with E-state index in [0.29, 0.717) is 30.4 Å². The number of ether oxygens (including phenoxy) is 1. The standard InChI is InChI=1S/C22H27F3N2O3S/c1-21(2,25)11-26-10-15-18-20(26)22(15,18)12-30-19-16(23)8-14(9-17(19)24)13-4-6-27(7-5-13)31(3,28)29/h4,8-9,15,18,20H,5-7,10-12H2,1-3H3. The lowest BCUT2D eigenvalue weighted by atomic mass is 10.00. The lowest BCUT2D eigenvalue weighted by molar-refractivity contribution is 0.131. The minimum Gasteiger partial charge on any atom is -0.487 e. The second-order valence-corrected chi connectivity index (χ2v) is 12.0. The molecule has 9 heteroatoms. The average Bonchev–Trinajstić information content (AvgIpc) is 3.38. The van der Waals surface area contributed by atoms with Crippen LogP contribution in [-0.4, -0.2) is 68.4 Å². The van der Waals surface area contributed by atoms with Crippen LogP contribution in [0.1, 0.15) is 25.8 Å². The van der Waals surface area contributed by atoms with Crippen molar-refractivity contribution in [3.8, 4) is 5.75 Å². The molecule has 0 spiro atoms. The van der Waals surface area contributed by atoms with Crippen molar-refractivity contribution in [1.82, 2.24) is 9.21 Å². The van der Waals surface area contributed by atoms with Gasteiger partial charge in [-0.3, -0.25) is 4.90 Å². The fraction of sp³-hybridized carbons (Fsp3) is 0.636. The van der Waals surface area contributed by atoms with Gasteiger partial charge in [0.05, 0.1) is 12.9 Å². The number of sulfonamides is 1. The molecule has 0 N–H and O–H groups in total. The molecule has 0 radical (unpaired) electrons. The second-order valence-electron chi connectivity index (χ2n) is 10.00. The van der Waals surface area contributed by atoms with Crippen LogP contribution >= 0.6 is 0 Å². The third-order valence-corrected chi connectivity index (χ3v) is 8.57. The number of halogens is 3. The van der Waals surface area contributed by atoms with Crippen molar-refractivity contribution in [2.45, 2.75) is 32.0 Å². The molecule has 2 saturated heterocycles. The van der Waals surface area contributed by atoms with E-state index >= 15 is 0 Å². The van der Waals surface area contributed by atoms with Gasteiger partial charge in [0.1, 0.15) is 5.67 Å². The maximum Gasteiger partial charge on any atom is 0.211 e. The second kappa shape index (κ2) is 6.71. The van der Waals surface area contributed by atoms with Gasteiger partial charge in [0, 0.05) is 37.6 Å². The van der Waals surface area contributed by atoms with Crippen LogP contribution in [0, 0.1) is 28.9 Å². The first-order chi connectivity index (χ1) is 14.4. The van der Waals surface area contributed by atoms with Gasteiger partial charge in [-0.2, -0.15) is 4.31 Å². The van der Waals surface area contributed by atoms with Crippen LogP contribution < -0.4 is 4.74 Å². The number of benzene rings is 1. The van der Waals surface area contributed by atoms with Crippen LogP contribution in [0.4, 0.5) is 13.2 Å². The van der Waals surface area contributed by atoms with Crippen molar-refractivity contribution in [3.05, 3.63) is 35.4 Å². The maximum absolute atomic E-state index is 14.7. The number of rotatable bonds is 7. The van der Waals surface area contributed by atoms with Gasteiger partial charge in [0.15, 0.2) is 17.4 Å². The maximum atomic E-state index is 14.7. The zero-order valence-corrected chi connectivity index (χ0v) is 18.7. The lowest BCUT2D eigenvalue weighted by Crippen LogP contribution is -2.35. The van der Waals surface area contributed by atoms with Gasteiger partial charge in [0.2, 0.25) is 10.0 Å². The van der Waals surface area contributed by atoms with E-state index in [0.717, 1.165) is 18.4 Å². The molecular formula is C22H27F3N2O3S. The van der Waals surface area contributed by atoms with Crippen molar-refractivity contribution >= 4 is 15.6 Å². The summed E-state index contributed by atoms with van der Waals surface area (Å²) in [5, 5.41) is 0. The Balaban J connectivity index is 1.25. The predicted molar refractivity (Wildman–Crippen MR) is 111 cm³/mol. The summed E-state index contributed by atoms with van der Waals surface area (Å²) >= 11 is 0. The molecule has 5 nitrogen and oxygen atoms in total.